The first-order chi connectivity index (χ1) is 10.6. The standard InChI is InChI=1S/C16H20N4O2/c1-11(2)9-16(21)18-15-8-7-14(19-20-15)17-12-5-4-6-13(10-12)22-3/h4-8,10-11H,9H2,1-3H3,(H,17,19)(H,18,20,21). The van der Waals surface area contributed by atoms with E-state index in [0.29, 0.717) is 24.0 Å². The van der Waals surface area contributed by atoms with Crippen molar-refractivity contribution < 1.29 is 9.53 Å². The van der Waals surface area contributed by atoms with Gasteiger partial charge in [-0.05, 0) is 30.2 Å². The lowest BCUT2D eigenvalue weighted by atomic mass is 10.1. The van der Waals surface area contributed by atoms with Crippen molar-refractivity contribution in [2.24, 2.45) is 5.92 Å². The maximum absolute atomic E-state index is 11.7. The molecule has 0 saturated carbocycles. The Kier molecular flexibility index (Phi) is 5.30. The Morgan fingerprint density at radius 3 is 2.55 bits per heavy atom. The number of anilines is 3. The lowest BCUT2D eigenvalue weighted by Crippen LogP contribution is -2.15. The van der Waals surface area contributed by atoms with E-state index in [1.165, 1.54) is 0 Å². The molecule has 0 aliphatic heterocycles. The fourth-order valence-corrected chi connectivity index (χ4v) is 1.88. The monoisotopic (exact) mass is 300 g/mol. The van der Waals surface area contributed by atoms with E-state index in [9.17, 15) is 4.79 Å². The number of ether oxygens (including phenoxy) is 1. The van der Waals surface area contributed by atoms with E-state index in [1.807, 2.05) is 38.1 Å². The van der Waals surface area contributed by atoms with Gasteiger partial charge in [-0.25, -0.2) is 0 Å². The normalized spacial score (nSPS) is 10.4. The summed E-state index contributed by atoms with van der Waals surface area (Å²) in [7, 11) is 1.62. The van der Waals surface area contributed by atoms with Crippen molar-refractivity contribution in [2.45, 2.75) is 20.3 Å². The van der Waals surface area contributed by atoms with E-state index < -0.39 is 0 Å². The predicted octanol–water partition coefficient (Wildman–Crippen LogP) is 3.21. The molecule has 6 nitrogen and oxygen atoms in total. The number of amides is 1. The highest BCUT2D eigenvalue weighted by molar-refractivity contribution is 5.89. The van der Waals surface area contributed by atoms with Crippen LogP contribution < -0.4 is 15.4 Å². The second-order valence-corrected chi connectivity index (χ2v) is 5.31. The summed E-state index contributed by atoms with van der Waals surface area (Å²) in [6, 6.07) is 11.0. The molecule has 1 aromatic carbocycles. The van der Waals surface area contributed by atoms with Crippen LogP contribution in [0.4, 0.5) is 17.3 Å². The van der Waals surface area contributed by atoms with Crippen LogP contribution in [0.5, 0.6) is 5.75 Å². The van der Waals surface area contributed by atoms with Crippen molar-refractivity contribution >= 4 is 23.2 Å². The highest BCUT2D eigenvalue weighted by Crippen LogP contribution is 2.20. The minimum Gasteiger partial charge on any atom is -0.497 e. The predicted molar refractivity (Wildman–Crippen MR) is 86.4 cm³/mol. The van der Waals surface area contributed by atoms with Gasteiger partial charge in [-0.15, -0.1) is 10.2 Å². The molecule has 0 aliphatic carbocycles. The SMILES string of the molecule is COc1cccc(Nc2ccc(NC(=O)CC(C)C)nn2)c1. The van der Waals surface area contributed by atoms with Gasteiger partial charge in [0.15, 0.2) is 11.6 Å². The summed E-state index contributed by atoms with van der Waals surface area (Å²) in [6.45, 7) is 3.98. The number of hydrogen-bond donors (Lipinski definition) is 2. The van der Waals surface area contributed by atoms with Crippen LogP contribution in [-0.4, -0.2) is 23.2 Å². The van der Waals surface area contributed by atoms with Gasteiger partial charge >= 0.3 is 0 Å². The zero-order valence-electron chi connectivity index (χ0n) is 13.0. The number of carbonyl (C=O) groups is 1. The second-order valence-electron chi connectivity index (χ2n) is 5.31. The molecule has 0 aliphatic rings. The molecular weight excluding hydrogens is 280 g/mol. The van der Waals surface area contributed by atoms with Gasteiger partial charge in [0.2, 0.25) is 5.91 Å². The molecular formula is C16H20N4O2. The summed E-state index contributed by atoms with van der Waals surface area (Å²) in [5.41, 5.74) is 0.852. The molecule has 0 unspecified atom stereocenters. The largest absolute Gasteiger partial charge is 0.497 e. The molecule has 0 spiro atoms. The van der Waals surface area contributed by atoms with Crippen LogP contribution in [0.3, 0.4) is 0 Å². The lowest BCUT2D eigenvalue weighted by molar-refractivity contribution is -0.116. The number of nitrogens with one attached hydrogen (secondary N) is 2. The van der Waals surface area contributed by atoms with Crippen LogP contribution in [0.2, 0.25) is 0 Å². The molecule has 0 atom stereocenters. The molecule has 2 N–H and O–H groups in total. The summed E-state index contributed by atoms with van der Waals surface area (Å²) in [4.78, 5) is 11.7. The maximum atomic E-state index is 11.7. The van der Waals surface area contributed by atoms with Gasteiger partial charge < -0.3 is 15.4 Å². The van der Waals surface area contributed by atoms with E-state index in [1.54, 1.807) is 19.2 Å². The number of rotatable bonds is 6. The first-order valence-electron chi connectivity index (χ1n) is 7.11. The Hall–Kier alpha value is -2.63. The summed E-state index contributed by atoms with van der Waals surface area (Å²) in [5.74, 6) is 2.05. The number of methoxy groups -OCH3 is 1. The molecule has 2 rings (SSSR count). The molecule has 22 heavy (non-hydrogen) atoms. The Morgan fingerprint density at radius 2 is 1.91 bits per heavy atom. The van der Waals surface area contributed by atoms with Crippen molar-refractivity contribution in [3.05, 3.63) is 36.4 Å². The van der Waals surface area contributed by atoms with Gasteiger partial charge in [-0.2, -0.15) is 0 Å². The van der Waals surface area contributed by atoms with Crippen molar-refractivity contribution in [3.63, 3.8) is 0 Å². The molecule has 1 aromatic heterocycles. The minimum atomic E-state index is -0.0576. The zero-order chi connectivity index (χ0) is 15.9. The average molecular weight is 300 g/mol. The Labute approximate surface area is 129 Å². The number of benzene rings is 1. The summed E-state index contributed by atoms with van der Waals surface area (Å²) >= 11 is 0. The van der Waals surface area contributed by atoms with Gasteiger partial charge in [0.05, 0.1) is 7.11 Å². The Bertz CT molecular complexity index is 626. The molecule has 0 saturated heterocycles. The fraction of sp³-hybridized carbons (Fsp3) is 0.312. The van der Waals surface area contributed by atoms with Gasteiger partial charge in [0.25, 0.3) is 0 Å². The van der Waals surface area contributed by atoms with Crippen molar-refractivity contribution in [2.75, 3.05) is 17.7 Å². The second kappa shape index (κ2) is 7.40. The summed E-state index contributed by atoms with van der Waals surface area (Å²) in [6.07, 6.45) is 0.464. The van der Waals surface area contributed by atoms with Gasteiger partial charge in [-0.1, -0.05) is 19.9 Å². The van der Waals surface area contributed by atoms with Crippen molar-refractivity contribution in [1.29, 1.82) is 0 Å². The summed E-state index contributed by atoms with van der Waals surface area (Å²) < 4.78 is 5.16. The van der Waals surface area contributed by atoms with Crippen LogP contribution in [0.1, 0.15) is 20.3 Å². The van der Waals surface area contributed by atoms with Gasteiger partial charge in [0.1, 0.15) is 5.75 Å². The van der Waals surface area contributed by atoms with E-state index in [4.69, 9.17) is 4.74 Å². The van der Waals surface area contributed by atoms with Crippen LogP contribution >= 0.6 is 0 Å². The minimum absolute atomic E-state index is 0.0576. The third-order valence-corrected chi connectivity index (χ3v) is 2.87. The molecule has 1 heterocycles. The topological polar surface area (TPSA) is 76.1 Å². The van der Waals surface area contributed by atoms with Crippen LogP contribution in [0.15, 0.2) is 36.4 Å². The molecule has 6 heteroatoms. The molecule has 0 bridgehead atoms. The number of hydrogen-bond acceptors (Lipinski definition) is 5. The maximum Gasteiger partial charge on any atom is 0.225 e. The van der Waals surface area contributed by atoms with Crippen LogP contribution in [0, 0.1) is 5.92 Å². The fourth-order valence-electron chi connectivity index (χ4n) is 1.88. The van der Waals surface area contributed by atoms with E-state index >= 15 is 0 Å². The molecule has 0 radical (unpaired) electrons. The Morgan fingerprint density at radius 1 is 1.18 bits per heavy atom. The first-order valence-corrected chi connectivity index (χ1v) is 7.11. The molecule has 2 aromatic rings. The van der Waals surface area contributed by atoms with Gasteiger partial charge in [-0.3, -0.25) is 4.79 Å². The average Bonchev–Trinajstić information content (AvgIpc) is 2.48. The molecule has 1 amide bonds. The number of aromatic nitrogens is 2. The van der Waals surface area contributed by atoms with Crippen LogP contribution in [-0.2, 0) is 4.79 Å². The van der Waals surface area contributed by atoms with E-state index in [0.717, 1.165) is 11.4 Å². The quantitative estimate of drug-likeness (QED) is 0.856. The van der Waals surface area contributed by atoms with Crippen molar-refractivity contribution in [3.8, 4) is 5.75 Å². The highest BCUT2D eigenvalue weighted by atomic mass is 16.5. The Balaban J connectivity index is 1.98. The lowest BCUT2D eigenvalue weighted by Gasteiger charge is -2.08. The third-order valence-electron chi connectivity index (χ3n) is 2.87. The van der Waals surface area contributed by atoms with Gasteiger partial charge in [0, 0.05) is 18.2 Å². The highest BCUT2D eigenvalue weighted by Gasteiger charge is 2.06. The van der Waals surface area contributed by atoms with Crippen LogP contribution in [0.25, 0.3) is 0 Å². The number of carbonyl (C=O) groups excluding carboxylic acids is 1. The zero-order valence-corrected chi connectivity index (χ0v) is 13.0. The van der Waals surface area contributed by atoms with E-state index in [-0.39, 0.29) is 5.91 Å². The summed E-state index contributed by atoms with van der Waals surface area (Å²) in [5, 5.41) is 13.9. The smallest absolute Gasteiger partial charge is 0.225 e. The molecule has 0 fully saturated rings. The first kappa shape index (κ1) is 15.8. The molecule has 116 valence electrons. The van der Waals surface area contributed by atoms with Crippen molar-refractivity contribution in [1.82, 2.24) is 10.2 Å². The third kappa shape index (κ3) is 4.73. The van der Waals surface area contributed by atoms with E-state index in [2.05, 4.69) is 20.8 Å². The number of nitrogens with zero attached hydrogens (tertiary/aromatic N) is 2.